The fourth-order valence-corrected chi connectivity index (χ4v) is 3.65. The molecule has 3 aromatic rings. The molecule has 0 saturated heterocycles. The zero-order valence-electron chi connectivity index (χ0n) is 16.4. The van der Waals surface area contributed by atoms with E-state index in [0.717, 1.165) is 18.0 Å². The number of rotatable bonds is 6. The number of ether oxygens (including phenoxy) is 1. The van der Waals surface area contributed by atoms with Crippen LogP contribution in [0, 0.1) is 0 Å². The van der Waals surface area contributed by atoms with Crippen molar-refractivity contribution >= 4 is 33.9 Å². The van der Waals surface area contributed by atoms with Crippen LogP contribution in [0.5, 0.6) is 5.75 Å². The van der Waals surface area contributed by atoms with Crippen molar-refractivity contribution in [2.75, 3.05) is 11.9 Å². The van der Waals surface area contributed by atoms with Crippen molar-refractivity contribution in [3.8, 4) is 5.75 Å². The predicted octanol–water partition coefficient (Wildman–Crippen LogP) is 5.18. The van der Waals surface area contributed by atoms with Crippen molar-refractivity contribution < 1.29 is 4.74 Å². The average Bonchev–Trinajstić information content (AvgIpc) is 2.97. The molecule has 0 aliphatic heterocycles. The van der Waals surface area contributed by atoms with Crippen LogP contribution in [0.4, 0.5) is 5.69 Å². The van der Waals surface area contributed by atoms with Gasteiger partial charge in [-0.2, -0.15) is 0 Å². The number of para-hydroxylation sites is 3. The number of thiocarbonyl (C=S) groups is 1. The minimum Gasteiger partial charge on any atom is -0.492 e. The van der Waals surface area contributed by atoms with Crippen LogP contribution < -0.4 is 10.1 Å². The average molecular weight is 382 g/mol. The van der Waals surface area contributed by atoms with Crippen molar-refractivity contribution in [2.24, 2.45) is 7.05 Å². The van der Waals surface area contributed by atoms with E-state index >= 15 is 0 Å². The normalized spacial score (nSPS) is 11.0. The lowest BCUT2D eigenvalue weighted by atomic mass is 10.1. The Morgan fingerprint density at radius 2 is 1.85 bits per heavy atom. The lowest BCUT2D eigenvalue weighted by molar-refractivity contribution is 0.340. The monoisotopic (exact) mass is 381 g/mol. The number of benzene rings is 2. The van der Waals surface area contributed by atoms with Gasteiger partial charge >= 0.3 is 0 Å². The van der Waals surface area contributed by atoms with E-state index in [-0.39, 0.29) is 6.04 Å². The molecule has 1 aromatic heterocycles. The summed E-state index contributed by atoms with van der Waals surface area (Å²) in [5.74, 6) is 0.816. The molecule has 142 valence electrons. The van der Waals surface area contributed by atoms with Gasteiger partial charge in [-0.3, -0.25) is 0 Å². The maximum atomic E-state index is 5.76. The van der Waals surface area contributed by atoms with E-state index in [2.05, 4.69) is 66.1 Å². The fraction of sp³-hybridized carbons (Fsp3) is 0.318. The van der Waals surface area contributed by atoms with E-state index in [0.29, 0.717) is 11.7 Å². The van der Waals surface area contributed by atoms with Gasteiger partial charge in [0.1, 0.15) is 5.75 Å². The first-order valence-electron chi connectivity index (χ1n) is 9.33. The minimum absolute atomic E-state index is 0.267. The molecular weight excluding hydrogens is 354 g/mol. The summed E-state index contributed by atoms with van der Waals surface area (Å²) in [4.78, 5) is 2.21. The van der Waals surface area contributed by atoms with Crippen molar-refractivity contribution in [1.82, 2.24) is 9.47 Å². The third-order valence-electron chi connectivity index (χ3n) is 4.63. The first kappa shape index (κ1) is 19.2. The highest BCUT2D eigenvalue weighted by Gasteiger charge is 2.18. The van der Waals surface area contributed by atoms with Crippen LogP contribution in [0.25, 0.3) is 10.9 Å². The van der Waals surface area contributed by atoms with E-state index < -0.39 is 0 Å². The van der Waals surface area contributed by atoms with Gasteiger partial charge < -0.3 is 19.5 Å². The fourth-order valence-electron chi connectivity index (χ4n) is 3.26. The maximum Gasteiger partial charge on any atom is 0.174 e. The highest BCUT2D eigenvalue weighted by molar-refractivity contribution is 7.80. The molecule has 3 rings (SSSR count). The zero-order chi connectivity index (χ0) is 19.4. The van der Waals surface area contributed by atoms with Crippen molar-refractivity contribution in [2.45, 2.75) is 33.4 Å². The van der Waals surface area contributed by atoms with Crippen LogP contribution in [0.2, 0.25) is 0 Å². The number of hydrogen-bond acceptors (Lipinski definition) is 2. The Bertz CT molecular complexity index is 932. The number of aryl methyl sites for hydroxylation is 1. The third-order valence-corrected chi connectivity index (χ3v) is 4.97. The molecule has 0 saturated carbocycles. The van der Waals surface area contributed by atoms with Gasteiger partial charge in [0.05, 0.1) is 12.3 Å². The molecule has 0 aliphatic carbocycles. The second-order valence-corrected chi connectivity index (χ2v) is 7.25. The molecule has 0 spiro atoms. The summed E-state index contributed by atoms with van der Waals surface area (Å²) in [5, 5.41) is 5.34. The number of anilines is 1. The van der Waals surface area contributed by atoms with Crippen LogP contribution >= 0.6 is 12.2 Å². The first-order valence-corrected chi connectivity index (χ1v) is 9.74. The Morgan fingerprint density at radius 3 is 2.59 bits per heavy atom. The molecule has 0 bridgehead atoms. The van der Waals surface area contributed by atoms with Gasteiger partial charge in [-0.1, -0.05) is 30.3 Å². The van der Waals surface area contributed by atoms with Gasteiger partial charge in [-0.25, -0.2) is 0 Å². The lowest BCUT2D eigenvalue weighted by Gasteiger charge is -2.30. The molecule has 0 radical (unpaired) electrons. The Hall–Kier alpha value is -2.53. The topological polar surface area (TPSA) is 29.4 Å². The Morgan fingerprint density at radius 1 is 1.15 bits per heavy atom. The number of fused-ring (bicyclic) bond motifs is 1. The molecule has 2 aromatic carbocycles. The SMILES string of the molecule is CCOc1ccccc1NC(=S)N(Cc1cn(C)c2ccccc12)C(C)C. The van der Waals surface area contributed by atoms with Crippen LogP contribution in [0.15, 0.2) is 54.7 Å². The van der Waals surface area contributed by atoms with E-state index in [1.165, 1.54) is 16.5 Å². The molecule has 0 fully saturated rings. The van der Waals surface area contributed by atoms with Crippen LogP contribution in [-0.4, -0.2) is 27.2 Å². The molecule has 4 nitrogen and oxygen atoms in total. The Kier molecular flexibility index (Phi) is 6.01. The van der Waals surface area contributed by atoms with Gasteiger partial charge in [0.25, 0.3) is 0 Å². The molecule has 0 unspecified atom stereocenters. The second-order valence-electron chi connectivity index (χ2n) is 6.86. The number of hydrogen-bond donors (Lipinski definition) is 1. The summed E-state index contributed by atoms with van der Waals surface area (Å²) in [6.45, 7) is 7.67. The summed E-state index contributed by atoms with van der Waals surface area (Å²) in [6, 6.07) is 16.6. The zero-order valence-corrected chi connectivity index (χ0v) is 17.2. The number of nitrogens with one attached hydrogen (secondary N) is 1. The van der Waals surface area contributed by atoms with Gasteiger partial charge in [0.2, 0.25) is 0 Å². The van der Waals surface area contributed by atoms with Crippen molar-refractivity contribution in [3.05, 3.63) is 60.3 Å². The standard InChI is InChI=1S/C22H27N3OS/c1-5-26-21-13-9-7-11-19(21)23-22(27)25(16(2)3)15-17-14-24(4)20-12-8-6-10-18(17)20/h6-14,16H,5,15H2,1-4H3,(H,23,27). The Labute approximate surface area is 166 Å². The number of aromatic nitrogens is 1. The smallest absolute Gasteiger partial charge is 0.174 e. The predicted molar refractivity (Wildman–Crippen MR) is 117 cm³/mol. The van der Waals surface area contributed by atoms with E-state index in [1.54, 1.807) is 0 Å². The van der Waals surface area contributed by atoms with Crippen LogP contribution in [0.3, 0.4) is 0 Å². The van der Waals surface area contributed by atoms with E-state index in [9.17, 15) is 0 Å². The molecule has 1 heterocycles. The summed E-state index contributed by atoms with van der Waals surface area (Å²) in [7, 11) is 2.08. The highest BCUT2D eigenvalue weighted by Crippen LogP contribution is 2.26. The Balaban J connectivity index is 1.84. The summed E-state index contributed by atoms with van der Waals surface area (Å²) < 4.78 is 7.88. The maximum absolute atomic E-state index is 5.76. The molecule has 0 atom stereocenters. The van der Waals surface area contributed by atoms with Crippen LogP contribution in [-0.2, 0) is 13.6 Å². The van der Waals surface area contributed by atoms with Crippen LogP contribution in [0.1, 0.15) is 26.3 Å². The highest BCUT2D eigenvalue weighted by atomic mass is 32.1. The van der Waals surface area contributed by atoms with Crippen molar-refractivity contribution in [3.63, 3.8) is 0 Å². The van der Waals surface area contributed by atoms with E-state index in [1.807, 2.05) is 31.2 Å². The molecular formula is C22H27N3OS. The van der Waals surface area contributed by atoms with Gasteiger partial charge in [0.15, 0.2) is 5.11 Å². The largest absolute Gasteiger partial charge is 0.492 e. The summed E-state index contributed by atoms with van der Waals surface area (Å²) in [5.41, 5.74) is 3.40. The van der Waals surface area contributed by atoms with Gasteiger partial charge in [-0.15, -0.1) is 0 Å². The summed E-state index contributed by atoms with van der Waals surface area (Å²) >= 11 is 5.76. The molecule has 1 N–H and O–H groups in total. The molecule has 0 amide bonds. The van der Waals surface area contributed by atoms with Gasteiger partial charge in [-0.05, 0) is 56.8 Å². The third kappa shape index (κ3) is 4.25. The number of nitrogens with zero attached hydrogens (tertiary/aromatic N) is 2. The lowest BCUT2D eigenvalue weighted by Crippen LogP contribution is -2.39. The first-order chi connectivity index (χ1) is 13.0. The molecule has 0 aliphatic rings. The minimum atomic E-state index is 0.267. The van der Waals surface area contributed by atoms with E-state index in [4.69, 9.17) is 17.0 Å². The summed E-state index contributed by atoms with van der Waals surface area (Å²) in [6.07, 6.45) is 2.19. The van der Waals surface area contributed by atoms with Crippen molar-refractivity contribution in [1.29, 1.82) is 0 Å². The molecule has 5 heteroatoms. The second kappa shape index (κ2) is 8.44. The quantitative estimate of drug-likeness (QED) is 0.596. The van der Waals surface area contributed by atoms with Gasteiger partial charge in [0, 0.05) is 36.7 Å². The molecule has 27 heavy (non-hydrogen) atoms.